The number of hydrogen-bond donors (Lipinski definition) is 1. The van der Waals surface area contributed by atoms with E-state index in [-0.39, 0.29) is 11.8 Å². The van der Waals surface area contributed by atoms with E-state index in [1.807, 2.05) is 11.3 Å². The Labute approximate surface area is 158 Å². The van der Waals surface area contributed by atoms with Crippen molar-refractivity contribution in [3.63, 3.8) is 0 Å². The predicted octanol–water partition coefficient (Wildman–Crippen LogP) is 5.17. The molecule has 4 rings (SSSR count). The zero-order valence-electron chi connectivity index (χ0n) is 15.6. The summed E-state index contributed by atoms with van der Waals surface area (Å²) in [6.45, 7) is 5.69. The van der Waals surface area contributed by atoms with Gasteiger partial charge in [-0.1, -0.05) is 13.8 Å². The smallest absolute Gasteiger partial charge is 0.160 e. The normalized spacial score (nSPS) is 22.5. The minimum atomic E-state index is -1.05. The molecular formula is C21H26FNO2S. The maximum absolute atomic E-state index is 14.9. The molecule has 2 aromatic rings. The summed E-state index contributed by atoms with van der Waals surface area (Å²) in [5.41, 5.74) is 2.95. The van der Waals surface area contributed by atoms with Gasteiger partial charge in [0.25, 0.3) is 0 Å². The van der Waals surface area contributed by atoms with Crippen molar-refractivity contribution in [1.82, 2.24) is 4.90 Å². The van der Waals surface area contributed by atoms with Crippen LogP contribution in [0.25, 0.3) is 0 Å². The van der Waals surface area contributed by atoms with E-state index in [2.05, 4.69) is 24.8 Å². The highest BCUT2D eigenvalue weighted by atomic mass is 32.1. The first-order valence-corrected chi connectivity index (χ1v) is 10.2. The van der Waals surface area contributed by atoms with Crippen LogP contribution < -0.4 is 4.74 Å². The van der Waals surface area contributed by atoms with Crippen molar-refractivity contribution in [2.24, 2.45) is 5.92 Å². The van der Waals surface area contributed by atoms with Crippen LogP contribution in [0.2, 0.25) is 0 Å². The lowest BCUT2D eigenvalue weighted by molar-refractivity contribution is 0.112. The SMILES string of the molecule is COc1cc2c(cc1O)[C@@H]1CCc3sc(CC(C)C)cc3CN1CC2F. The first-order chi connectivity index (χ1) is 12.5. The largest absolute Gasteiger partial charge is 0.504 e. The maximum atomic E-state index is 14.9. The Balaban J connectivity index is 1.66. The van der Waals surface area contributed by atoms with Crippen LogP contribution in [0.15, 0.2) is 18.2 Å². The van der Waals surface area contributed by atoms with Gasteiger partial charge in [0.2, 0.25) is 0 Å². The van der Waals surface area contributed by atoms with Crippen LogP contribution in [0.1, 0.15) is 58.9 Å². The predicted molar refractivity (Wildman–Crippen MR) is 103 cm³/mol. The van der Waals surface area contributed by atoms with Crippen molar-refractivity contribution in [1.29, 1.82) is 0 Å². The molecule has 3 nitrogen and oxygen atoms in total. The fourth-order valence-electron chi connectivity index (χ4n) is 4.33. The second-order valence-corrected chi connectivity index (χ2v) is 9.08. The molecule has 0 aliphatic carbocycles. The molecule has 5 heteroatoms. The van der Waals surface area contributed by atoms with E-state index in [0.29, 0.717) is 23.8 Å². The molecule has 1 aromatic carbocycles. The monoisotopic (exact) mass is 375 g/mol. The lowest BCUT2D eigenvalue weighted by Gasteiger charge is -2.38. The van der Waals surface area contributed by atoms with Crippen LogP contribution in [0.5, 0.6) is 11.5 Å². The highest BCUT2D eigenvalue weighted by molar-refractivity contribution is 7.12. The quantitative estimate of drug-likeness (QED) is 0.803. The molecule has 140 valence electrons. The van der Waals surface area contributed by atoms with Gasteiger partial charge in [0.1, 0.15) is 6.17 Å². The fraction of sp³-hybridized carbons (Fsp3) is 0.524. The third-order valence-corrected chi connectivity index (χ3v) is 6.75. The number of phenolic OH excluding ortho intramolecular Hbond substituents is 1. The summed E-state index contributed by atoms with van der Waals surface area (Å²) >= 11 is 1.92. The van der Waals surface area contributed by atoms with E-state index >= 15 is 0 Å². The lowest BCUT2D eigenvalue weighted by atomic mass is 9.89. The van der Waals surface area contributed by atoms with E-state index in [1.165, 1.54) is 22.4 Å². The molecule has 0 fully saturated rings. The van der Waals surface area contributed by atoms with Crippen molar-refractivity contribution in [2.45, 2.75) is 51.9 Å². The third-order valence-electron chi connectivity index (χ3n) is 5.49. The van der Waals surface area contributed by atoms with Crippen LogP contribution in [0, 0.1) is 5.92 Å². The Bertz CT molecular complexity index is 817. The molecule has 1 N–H and O–H groups in total. The van der Waals surface area contributed by atoms with E-state index in [0.717, 1.165) is 31.4 Å². The standard InChI is InChI=1S/C21H26FNO2S/c1-12(2)6-14-7-13-10-23-11-17(22)15-9-20(25-3)19(24)8-16(15)18(23)4-5-21(13)26-14/h7-9,12,17-18,24H,4-6,10-11H2,1-3H3/t17?,18-/m0/s1. The summed E-state index contributed by atoms with van der Waals surface area (Å²) < 4.78 is 20.1. The van der Waals surface area contributed by atoms with Gasteiger partial charge in [0.15, 0.2) is 11.5 Å². The molecule has 0 saturated carbocycles. The highest BCUT2D eigenvalue weighted by Gasteiger charge is 2.36. The summed E-state index contributed by atoms with van der Waals surface area (Å²) in [4.78, 5) is 5.14. The second-order valence-electron chi connectivity index (χ2n) is 7.86. The van der Waals surface area contributed by atoms with E-state index in [1.54, 1.807) is 12.1 Å². The number of aryl methyl sites for hydroxylation is 1. The molecule has 0 amide bonds. The third kappa shape index (κ3) is 3.12. The fourth-order valence-corrected chi connectivity index (χ4v) is 5.74. The number of benzene rings is 1. The van der Waals surface area contributed by atoms with E-state index in [4.69, 9.17) is 4.74 Å². The van der Waals surface area contributed by atoms with Gasteiger partial charge in [-0.2, -0.15) is 0 Å². The van der Waals surface area contributed by atoms with Gasteiger partial charge < -0.3 is 9.84 Å². The van der Waals surface area contributed by atoms with Crippen LogP contribution in [-0.4, -0.2) is 23.7 Å². The minimum absolute atomic E-state index is 0.0959. The number of thiophene rings is 1. The summed E-state index contributed by atoms with van der Waals surface area (Å²) in [7, 11) is 1.50. The Hall–Kier alpha value is -1.59. The molecule has 0 radical (unpaired) electrons. The molecule has 26 heavy (non-hydrogen) atoms. The van der Waals surface area contributed by atoms with Crippen molar-refractivity contribution >= 4 is 11.3 Å². The topological polar surface area (TPSA) is 32.7 Å². The number of ether oxygens (including phenoxy) is 1. The molecule has 3 heterocycles. The van der Waals surface area contributed by atoms with Crippen LogP contribution in [0.3, 0.4) is 0 Å². The van der Waals surface area contributed by atoms with Crippen LogP contribution in [0.4, 0.5) is 4.39 Å². The first-order valence-electron chi connectivity index (χ1n) is 9.35. The van der Waals surface area contributed by atoms with Gasteiger partial charge >= 0.3 is 0 Å². The molecule has 1 unspecified atom stereocenters. The summed E-state index contributed by atoms with van der Waals surface area (Å²) in [6, 6.07) is 5.87. The maximum Gasteiger partial charge on any atom is 0.160 e. The average Bonchev–Trinajstić information content (AvgIpc) is 2.86. The van der Waals surface area contributed by atoms with Gasteiger partial charge in [0.05, 0.1) is 7.11 Å². The Morgan fingerprint density at radius 1 is 1.31 bits per heavy atom. The zero-order chi connectivity index (χ0) is 18.4. The van der Waals surface area contributed by atoms with Crippen molar-refractivity contribution in [3.8, 4) is 11.5 Å². The number of phenols is 1. The molecule has 2 aliphatic heterocycles. The molecular weight excluding hydrogens is 349 g/mol. The number of hydrogen-bond acceptors (Lipinski definition) is 4. The summed E-state index contributed by atoms with van der Waals surface area (Å²) in [5.74, 6) is 1.10. The van der Waals surface area contributed by atoms with Crippen molar-refractivity contribution < 1.29 is 14.2 Å². The first kappa shape index (κ1) is 17.8. The average molecular weight is 376 g/mol. The molecule has 1 aromatic heterocycles. The number of aromatic hydroxyl groups is 1. The van der Waals surface area contributed by atoms with Crippen molar-refractivity contribution in [2.75, 3.05) is 13.7 Å². The molecule has 0 spiro atoms. The molecule has 0 saturated heterocycles. The highest BCUT2D eigenvalue weighted by Crippen LogP contribution is 2.46. The van der Waals surface area contributed by atoms with Gasteiger partial charge in [-0.15, -0.1) is 11.3 Å². The van der Waals surface area contributed by atoms with Gasteiger partial charge in [-0.3, -0.25) is 4.90 Å². The van der Waals surface area contributed by atoms with Crippen LogP contribution >= 0.6 is 11.3 Å². The molecule has 2 atom stereocenters. The number of fused-ring (bicyclic) bond motifs is 4. The Kier molecular flexibility index (Phi) is 4.70. The Morgan fingerprint density at radius 2 is 2.12 bits per heavy atom. The van der Waals surface area contributed by atoms with Crippen molar-refractivity contribution in [3.05, 3.63) is 44.6 Å². The zero-order valence-corrected chi connectivity index (χ0v) is 16.4. The van der Waals surface area contributed by atoms with Gasteiger partial charge in [-0.05, 0) is 60.1 Å². The van der Waals surface area contributed by atoms with Gasteiger partial charge in [-0.25, -0.2) is 4.39 Å². The van der Waals surface area contributed by atoms with E-state index in [9.17, 15) is 9.50 Å². The number of rotatable bonds is 3. The number of nitrogens with zero attached hydrogens (tertiary/aromatic N) is 1. The lowest BCUT2D eigenvalue weighted by Crippen LogP contribution is -2.35. The number of halogens is 1. The summed E-state index contributed by atoms with van der Waals surface area (Å²) in [6.07, 6.45) is 2.04. The molecule has 0 bridgehead atoms. The number of alkyl halides is 1. The number of methoxy groups -OCH3 is 1. The minimum Gasteiger partial charge on any atom is -0.504 e. The second kappa shape index (κ2) is 6.86. The summed E-state index contributed by atoms with van der Waals surface area (Å²) in [5, 5.41) is 10.2. The van der Waals surface area contributed by atoms with E-state index < -0.39 is 6.17 Å². The van der Waals surface area contributed by atoms with Gasteiger partial charge in [0, 0.05) is 28.9 Å². The van der Waals surface area contributed by atoms with Crippen LogP contribution in [-0.2, 0) is 19.4 Å². The molecule has 2 aliphatic rings. The Morgan fingerprint density at radius 3 is 2.85 bits per heavy atom.